The highest BCUT2D eigenvalue weighted by Crippen LogP contribution is 2.24. The third kappa shape index (κ3) is 5.42. The third-order valence-corrected chi connectivity index (χ3v) is 5.46. The number of hydrogen-bond donors (Lipinski definition) is 1. The van der Waals surface area contributed by atoms with Crippen LogP contribution in [0.5, 0.6) is 0 Å². The number of rotatable bonds is 7. The Morgan fingerprint density at radius 2 is 1.76 bits per heavy atom. The lowest BCUT2D eigenvalue weighted by Gasteiger charge is -2.23. The summed E-state index contributed by atoms with van der Waals surface area (Å²) in [5.41, 5.74) is 3.25. The van der Waals surface area contributed by atoms with E-state index in [0.717, 1.165) is 12.0 Å². The van der Waals surface area contributed by atoms with Crippen LogP contribution in [0.1, 0.15) is 49.1 Å². The fourth-order valence-corrected chi connectivity index (χ4v) is 4.23. The summed E-state index contributed by atoms with van der Waals surface area (Å²) in [6, 6.07) is 16.5. The van der Waals surface area contributed by atoms with Gasteiger partial charge >= 0.3 is 0 Å². The largest absolute Gasteiger partial charge is 0.216 e. The zero-order valence-corrected chi connectivity index (χ0v) is 15.7. The van der Waals surface area contributed by atoms with Crippen molar-refractivity contribution in [2.24, 2.45) is 5.92 Å². The van der Waals surface area contributed by atoms with E-state index in [2.05, 4.69) is 11.6 Å². The van der Waals surface area contributed by atoms with Crippen LogP contribution in [0.2, 0.25) is 0 Å². The fourth-order valence-electron chi connectivity index (χ4n) is 2.73. The summed E-state index contributed by atoms with van der Waals surface area (Å²) in [6.45, 7) is 6.08. The van der Waals surface area contributed by atoms with E-state index >= 15 is 0 Å². The molecule has 1 atom stereocenters. The highest BCUT2D eigenvalue weighted by atomic mass is 32.2. The predicted molar refractivity (Wildman–Crippen MR) is 100 cm³/mol. The summed E-state index contributed by atoms with van der Waals surface area (Å²) in [4.78, 5) is 0. The molecule has 25 heavy (non-hydrogen) atoms. The average molecular weight is 356 g/mol. The van der Waals surface area contributed by atoms with Crippen LogP contribution in [-0.4, -0.2) is 8.42 Å². The zero-order chi connectivity index (χ0) is 18.4. The van der Waals surface area contributed by atoms with Gasteiger partial charge in [-0.05, 0) is 41.2 Å². The van der Waals surface area contributed by atoms with Gasteiger partial charge in [0.25, 0.3) is 0 Å². The van der Waals surface area contributed by atoms with E-state index in [9.17, 15) is 8.42 Å². The number of nitrogens with zero attached hydrogens (tertiary/aromatic N) is 1. The summed E-state index contributed by atoms with van der Waals surface area (Å²) < 4.78 is 28.1. The molecule has 2 rings (SSSR count). The number of nitrogens with one attached hydrogen (secondary N) is 1. The highest BCUT2D eigenvalue weighted by molar-refractivity contribution is 7.88. The van der Waals surface area contributed by atoms with Crippen molar-refractivity contribution in [3.63, 3.8) is 0 Å². The first-order valence-electron chi connectivity index (χ1n) is 8.42. The molecule has 0 amide bonds. The number of hydrogen-bond acceptors (Lipinski definition) is 3. The smallest absolute Gasteiger partial charge is 0.212 e. The van der Waals surface area contributed by atoms with Gasteiger partial charge in [-0.1, -0.05) is 57.2 Å². The second kappa shape index (κ2) is 8.28. The van der Waals surface area contributed by atoms with Crippen LogP contribution in [0, 0.1) is 17.2 Å². The van der Waals surface area contributed by atoms with Gasteiger partial charge < -0.3 is 0 Å². The molecule has 4 nitrogen and oxygen atoms in total. The lowest BCUT2D eigenvalue weighted by Crippen LogP contribution is -2.32. The minimum atomic E-state index is -3.53. The quantitative estimate of drug-likeness (QED) is 0.817. The summed E-state index contributed by atoms with van der Waals surface area (Å²) >= 11 is 0. The van der Waals surface area contributed by atoms with E-state index in [0.29, 0.717) is 11.1 Å². The number of nitriles is 1. The van der Waals surface area contributed by atoms with Gasteiger partial charge in [-0.2, -0.15) is 5.26 Å². The second-order valence-corrected chi connectivity index (χ2v) is 8.26. The Morgan fingerprint density at radius 1 is 1.08 bits per heavy atom. The fraction of sp³-hybridized carbons (Fsp3) is 0.350. The zero-order valence-electron chi connectivity index (χ0n) is 14.9. The van der Waals surface area contributed by atoms with Crippen LogP contribution < -0.4 is 4.72 Å². The van der Waals surface area contributed by atoms with Gasteiger partial charge in [0.15, 0.2) is 0 Å². The Bertz CT molecular complexity index is 850. The van der Waals surface area contributed by atoms with Crippen molar-refractivity contribution >= 4 is 10.0 Å². The maximum atomic E-state index is 12.6. The maximum Gasteiger partial charge on any atom is 0.216 e. The molecular weight excluding hydrogens is 332 g/mol. The molecule has 0 saturated heterocycles. The van der Waals surface area contributed by atoms with Crippen LogP contribution in [0.3, 0.4) is 0 Å². The van der Waals surface area contributed by atoms with Crippen LogP contribution in [0.25, 0.3) is 0 Å². The Labute approximate surface area is 150 Å². The molecule has 2 aromatic rings. The van der Waals surface area contributed by atoms with Crippen LogP contribution in [-0.2, 0) is 22.2 Å². The number of aryl methyl sites for hydroxylation is 1. The van der Waals surface area contributed by atoms with Crippen LogP contribution in [0.4, 0.5) is 0 Å². The molecule has 0 aliphatic rings. The van der Waals surface area contributed by atoms with Crippen molar-refractivity contribution in [1.82, 2.24) is 4.72 Å². The molecule has 0 saturated carbocycles. The van der Waals surface area contributed by atoms with Gasteiger partial charge in [0.05, 0.1) is 17.4 Å². The molecule has 1 N–H and O–H groups in total. The van der Waals surface area contributed by atoms with Crippen LogP contribution >= 0.6 is 0 Å². The molecule has 1 unspecified atom stereocenters. The Morgan fingerprint density at radius 3 is 2.32 bits per heavy atom. The van der Waals surface area contributed by atoms with E-state index in [1.807, 2.05) is 44.2 Å². The SMILES string of the molecule is CCc1ccc(C(NS(=O)(=O)Cc2cccc(C#N)c2)C(C)C)cc1. The third-order valence-electron chi connectivity index (χ3n) is 4.13. The topological polar surface area (TPSA) is 70.0 Å². The molecule has 132 valence electrons. The molecule has 0 bridgehead atoms. The van der Waals surface area contributed by atoms with Crippen molar-refractivity contribution < 1.29 is 8.42 Å². The van der Waals surface area contributed by atoms with Gasteiger partial charge in [-0.25, -0.2) is 13.1 Å². The van der Waals surface area contributed by atoms with Gasteiger partial charge in [0.2, 0.25) is 10.0 Å². The minimum absolute atomic E-state index is 0.118. The molecule has 0 fully saturated rings. The Hall–Kier alpha value is -2.16. The van der Waals surface area contributed by atoms with E-state index < -0.39 is 10.0 Å². The highest BCUT2D eigenvalue weighted by Gasteiger charge is 2.22. The Balaban J connectivity index is 2.20. The first-order chi connectivity index (χ1) is 11.8. The van der Waals surface area contributed by atoms with Gasteiger partial charge in [0.1, 0.15) is 0 Å². The Kier molecular flexibility index (Phi) is 6.35. The number of benzene rings is 2. The van der Waals surface area contributed by atoms with Gasteiger partial charge in [-0.15, -0.1) is 0 Å². The monoisotopic (exact) mass is 356 g/mol. The van der Waals surface area contributed by atoms with Crippen molar-refractivity contribution in [1.29, 1.82) is 5.26 Å². The lowest BCUT2D eigenvalue weighted by molar-refractivity contribution is 0.462. The second-order valence-electron chi connectivity index (χ2n) is 6.51. The first-order valence-corrected chi connectivity index (χ1v) is 10.1. The molecule has 0 heterocycles. The summed E-state index contributed by atoms with van der Waals surface area (Å²) in [7, 11) is -3.53. The van der Waals surface area contributed by atoms with Crippen molar-refractivity contribution in [3.05, 3.63) is 70.8 Å². The van der Waals surface area contributed by atoms with Crippen molar-refractivity contribution in [2.75, 3.05) is 0 Å². The van der Waals surface area contributed by atoms with Crippen molar-refractivity contribution in [3.8, 4) is 6.07 Å². The van der Waals surface area contributed by atoms with Gasteiger partial charge in [-0.3, -0.25) is 0 Å². The molecule has 0 aliphatic heterocycles. The normalized spacial score (nSPS) is 12.8. The van der Waals surface area contributed by atoms with E-state index in [-0.39, 0.29) is 17.7 Å². The summed E-state index contributed by atoms with van der Waals surface area (Å²) in [5.74, 6) is -0.0219. The van der Waals surface area contributed by atoms with E-state index in [1.165, 1.54) is 5.56 Å². The minimum Gasteiger partial charge on any atom is -0.212 e. The lowest BCUT2D eigenvalue weighted by atomic mass is 9.96. The molecule has 0 aromatic heterocycles. The first kappa shape index (κ1) is 19.2. The van der Waals surface area contributed by atoms with Crippen molar-refractivity contribution in [2.45, 2.75) is 39.0 Å². The molecule has 2 aromatic carbocycles. The van der Waals surface area contributed by atoms with Gasteiger partial charge in [0, 0.05) is 6.04 Å². The summed E-state index contributed by atoms with van der Waals surface area (Å²) in [6.07, 6.45) is 0.952. The molecule has 5 heteroatoms. The molecule has 0 spiro atoms. The summed E-state index contributed by atoms with van der Waals surface area (Å²) in [5, 5.41) is 8.95. The van der Waals surface area contributed by atoms with E-state index in [1.54, 1.807) is 24.3 Å². The van der Waals surface area contributed by atoms with Crippen LogP contribution in [0.15, 0.2) is 48.5 Å². The average Bonchev–Trinajstić information content (AvgIpc) is 2.59. The standard InChI is InChI=1S/C20H24N2O2S/c1-4-16-8-10-19(11-9-16)20(15(2)3)22-25(23,24)14-18-7-5-6-17(12-18)13-21/h5-12,15,20,22H,4,14H2,1-3H3. The number of sulfonamides is 1. The van der Waals surface area contributed by atoms with E-state index in [4.69, 9.17) is 5.26 Å². The predicted octanol–water partition coefficient (Wildman–Crippen LogP) is 3.94. The molecule has 0 aliphatic carbocycles. The molecule has 0 radical (unpaired) electrons. The maximum absolute atomic E-state index is 12.6. The molecular formula is C20H24N2O2S.